The first kappa shape index (κ1) is 10.3. The lowest BCUT2D eigenvalue weighted by Gasteiger charge is -2.02. The molecule has 1 aliphatic rings. The molecule has 0 aliphatic heterocycles. The van der Waals surface area contributed by atoms with Crippen molar-refractivity contribution in [3.05, 3.63) is 36.0 Å². The monoisotopic (exact) mass is 176 g/mol. The second-order valence-electron chi connectivity index (χ2n) is 4.52. The van der Waals surface area contributed by atoms with Gasteiger partial charge in [0.25, 0.3) is 0 Å². The van der Waals surface area contributed by atoms with Gasteiger partial charge in [0.05, 0.1) is 0 Å². The van der Waals surface area contributed by atoms with Crippen LogP contribution in [0.1, 0.15) is 33.6 Å². The van der Waals surface area contributed by atoms with Gasteiger partial charge in [0.1, 0.15) is 0 Å². The van der Waals surface area contributed by atoms with Gasteiger partial charge in [-0.3, -0.25) is 0 Å². The molecule has 13 heavy (non-hydrogen) atoms. The molecule has 0 aromatic heterocycles. The first-order chi connectivity index (χ1) is 6.00. The molecule has 72 valence electrons. The van der Waals surface area contributed by atoms with Gasteiger partial charge >= 0.3 is 0 Å². The quantitative estimate of drug-likeness (QED) is 0.446. The summed E-state index contributed by atoms with van der Waals surface area (Å²) < 4.78 is 0. The summed E-state index contributed by atoms with van der Waals surface area (Å²) >= 11 is 0. The minimum atomic E-state index is 0.764. The van der Waals surface area contributed by atoms with Crippen LogP contribution >= 0.6 is 0 Å². The third-order valence-corrected chi connectivity index (χ3v) is 2.60. The predicted octanol–water partition coefficient (Wildman–Crippen LogP) is 4.11. The molecule has 0 N–H and O–H groups in total. The van der Waals surface area contributed by atoms with E-state index in [0.717, 1.165) is 18.3 Å². The highest BCUT2D eigenvalue weighted by Gasteiger charge is 2.33. The van der Waals surface area contributed by atoms with Crippen LogP contribution in [0.5, 0.6) is 0 Å². The lowest BCUT2D eigenvalue weighted by Crippen LogP contribution is -1.85. The lowest BCUT2D eigenvalue weighted by molar-refractivity contribution is 0.873. The summed E-state index contributed by atoms with van der Waals surface area (Å²) in [7, 11) is 0. The fourth-order valence-corrected chi connectivity index (χ4v) is 1.79. The zero-order valence-corrected chi connectivity index (χ0v) is 9.06. The van der Waals surface area contributed by atoms with E-state index in [1.807, 2.05) is 0 Å². The Hall–Kier alpha value is -0.780. The molecule has 1 saturated carbocycles. The summed E-state index contributed by atoms with van der Waals surface area (Å²) in [5.74, 6) is 1.63. The fraction of sp³-hybridized carbons (Fsp3) is 0.538. The van der Waals surface area contributed by atoms with Crippen molar-refractivity contribution in [2.24, 2.45) is 11.8 Å². The van der Waals surface area contributed by atoms with Crippen molar-refractivity contribution in [2.45, 2.75) is 33.6 Å². The van der Waals surface area contributed by atoms with Crippen LogP contribution in [-0.2, 0) is 0 Å². The van der Waals surface area contributed by atoms with Crippen molar-refractivity contribution in [2.75, 3.05) is 0 Å². The molecular weight excluding hydrogens is 156 g/mol. The van der Waals surface area contributed by atoms with Gasteiger partial charge in [-0.1, -0.05) is 42.9 Å². The number of allylic oxidation sites excluding steroid dienone is 4. The molecule has 1 fully saturated rings. The Labute approximate surface area is 82.0 Å². The van der Waals surface area contributed by atoms with Crippen molar-refractivity contribution < 1.29 is 0 Å². The van der Waals surface area contributed by atoms with Crippen LogP contribution in [0.25, 0.3) is 0 Å². The molecule has 0 heteroatoms. The summed E-state index contributed by atoms with van der Waals surface area (Å²) in [6.07, 6.45) is 4.58. The third-order valence-electron chi connectivity index (χ3n) is 2.60. The van der Waals surface area contributed by atoms with Crippen LogP contribution < -0.4 is 0 Å². The number of rotatable bonds is 4. The highest BCUT2D eigenvalue weighted by atomic mass is 14.4. The molecule has 0 bridgehead atoms. The Morgan fingerprint density at radius 2 is 1.92 bits per heavy atom. The molecule has 2 atom stereocenters. The van der Waals surface area contributed by atoms with Crippen LogP contribution in [0.4, 0.5) is 0 Å². The first-order valence-corrected chi connectivity index (χ1v) is 5.01. The molecule has 0 heterocycles. The van der Waals surface area contributed by atoms with E-state index in [9.17, 15) is 0 Å². The van der Waals surface area contributed by atoms with E-state index in [2.05, 4.69) is 40.0 Å². The van der Waals surface area contributed by atoms with Crippen LogP contribution in [0.3, 0.4) is 0 Å². The van der Waals surface area contributed by atoms with Crippen LogP contribution in [0, 0.1) is 11.8 Å². The largest absolute Gasteiger partial charge is 0.0998 e. The molecular formula is C13H20. The van der Waals surface area contributed by atoms with Gasteiger partial charge in [0.15, 0.2) is 0 Å². The zero-order valence-electron chi connectivity index (χ0n) is 9.06. The molecule has 0 spiro atoms. The number of hydrogen-bond donors (Lipinski definition) is 0. The van der Waals surface area contributed by atoms with Crippen molar-refractivity contribution in [3.63, 3.8) is 0 Å². The normalized spacial score (nSPS) is 27.2. The predicted molar refractivity (Wildman–Crippen MR) is 59.6 cm³/mol. The van der Waals surface area contributed by atoms with Gasteiger partial charge < -0.3 is 0 Å². The summed E-state index contributed by atoms with van der Waals surface area (Å²) in [5.41, 5.74) is 3.92. The smallest absolute Gasteiger partial charge is 0.0113 e. The maximum atomic E-state index is 4.11. The average Bonchev–Trinajstić information content (AvgIpc) is 2.64. The van der Waals surface area contributed by atoms with Gasteiger partial charge in [-0.15, -0.1) is 0 Å². The summed E-state index contributed by atoms with van der Waals surface area (Å²) in [4.78, 5) is 0. The Balaban J connectivity index is 2.45. The van der Waals surface area contributed by atoms with Crippen molar-refractivity contribution in [1.82, 2.24) is 0 Å². The molecule has 0 aromatic carbocycles. The average molecular weight is 176 g/mol. The van der Waals surface area contributed by atoms with Crippen LogP contribution in [0.2, 0.25) is 0 Å². The summed E-state index contributed by atoms with van der Waals surface area (Å²) in [6, 6.07) is 0. The fourth-order valence-electron chi connectivity index (χ4n) is 1.79. The van der Waals surface area contributed by atoms with Crippen molar-refractivity contribution in [1.29, 1.82) is 0 Å². The minimum Gasteiger partial charge on any atom is -0.0998 e. The van der Waals surface area contributed by atoms with Crippen molar-refractivity contribution >= 4 is 0 Å². The molecule has 0 nitrogen and oxygen atoms in total. The Morgan fingerprint density at radius 3 is 2.31 bits per heavy atom. The third kappa shape index (κ3) is 3.22. The molecule has 1 aliphatic carbocycles. The minimum absolute atomic E-state index is 0.764. The maximum absolute atomic E-state index is 4.11. The van der Waals surface area contributed by atoms with Crippen molar-refractivity contribution in [3.8, 4) is 0 Å². The Morgan fingerprint density at radius 1 is 1.38 bits per heavy atom. The Kier molecular flexibility index (Phi) is 3.13. The van der Waals surface area contributed by atoms with Gasteiger partial charge in [-0.2, -0.15) is 0 Å². The Bertz CT molecular complexity index is 255. The van der Waals surface area contributed by atoms with Gasteiger partial charge in [-0.25, -0.2) is 0 Å². The maximum Gasteiger partial charge on any atom is -0.0113 e. The van der Waals surface area contributed by atoms with Gasteiger partial charge in [-0.05, 0) is 38.5 Å². The molecule has 0 radical (unpaired) electrons. The molecule has 0 saturated heterocycles. The van der Waals surface area contributed by atoms with Crippen LogP contribution in [0.15, 0.2) is 36.0 Å². The van der Waals surface area contributed by atoms with Gasteiger partial charge in [0.2, 0.25) is 0 Å². The SMILES string of the molecule is C=C(C)C/C(C)=C/C(=C)C1CC1C. The lowest BCUT2D eigenvalue weighted by atomic mass is 10.0. The number of hydrogen-bond acceptors (Lipinski definition) is 0. The van der Waals surface area contributed by atoms with E-state index in [4.69, 9.17) is 0 Å². The highest BCUT2D eigenvalue weighted by molar-refractivity contribution is 5.28. The second-order valence-corrected chi connectivity index (χ2v) is 4.52. The van der Waals surface area contributed by atoms with E-state index in [1.165, 1.54) is 23.1 Å². The van der Waals surface area contributed by atoms with Gasteiger partial charge in [0, 0.05) is 0 Å². The van der Waals surface area contributed by atoms with E-state index in [0.29, 0.717) is 0 Å². The molecule has 0 aromatic rings. The topological polar surface area (TPSA) is 0 Å². The van der Waals surface area contributed by atoms with E-state index < -0.39 is 0 Å². The molecule has 0 amide bonds. The zero-order chi connectivity index (χ0) is 10.0. The summed E-state index contributed by atoms with van der Waals surface area (Å²) in [5, 5.41) is 0. The van der Waals surface area contributed by atoms with E-state index in [-0.39, 0.29) is 0 Å². The van der Waals surface area contributed by atoms with Crippen LogP contribution in [-0.4, -0.2) is 0 Å². The molecule has 2 unspecified atom stereocenters. The molecule has 1 rings (SSSR count). The van der Waals surface area contributed by atoms with E-state index >= 15 is 0 Å². The second kappa shape index (κ2) is 3.95. The first-order valence-electron chi connectivity index (χ1n) is 5.01. The standard InChI is InChI=1S/C13H20/c1-9(2)6-10(3)7-11(4)13-8-12(13)5/h7,12-13H,1,4,6,8H2,2-3,5H3/b10-7+. The summed E-state index contributed by atoms with van der Waals surface area (Å²) in [6.45, 7) is 14.5. The highest BCUT2D eigenvalue weighted by Crippen LogP contribution is 2.43. The van der Waals surface area contributed by atoms with E-state index in [1.54, 1.807) is 0 Å².